The van der Waals surface area contributed by atoms with Crippen molar-refractivity contribution in [2.24, 2.45) is 0 Å². The number of halogens is 2. The third kappa shape index (κ3) is 3.22. The van der Waals surface area contributed by atoms with Crippen LogP contribution in [0.15, 0.2) is 71.7 Å². The van der Waals surface area contributed by atoms with Crippen molar-refractivity contribution < 1.29 is 9.59 Å². The molecule has 1 aliphatic rings. The summed E-state index contributed by atoms with van der Waals surface area (Å²) in [4.78, 5) is 30.3. The van der Waals surface area contributed by atoms with Gasteiger partial charge < -0.3 is 4.90 Å². The molecule has 2 amide bonds. The van der Waals surface area contributed by atoms with Gasteiger partial charge in [0.2, 0.25) is 0 Å². The van der Waals surface area contributed by atoms with Crippen molar-refractivity contribution in [1.29, 1.82) is 0 Å². The molecular weight excluding hydrogens is 415 g/mol. The average molecular weight is 429 g/mol. The lowest BCUT2D eigenvalue weighted by molar-refractivity contribution is -0.120. The Hall–Kier alpha value is -2.60. The molecule has 2 heterocycles. The number of rotatable bonds is 4. The highest BCUT2D eigenvalue weighted by molar-refractivity contribution is 7.11. The maximum Gasteiger partial charge on any atom is 0.282 e. The number of benzene rings is 2. The molecule has 28 heavy (non-hydrogen) atoms. The van der Waals surface area contributed by atoms with Gasteiger partial charge >= 0.3 is 0 Å². The summed E-state index contributed by atoms with van der Waals surface area (Å²) in [6.45, 7) is 0. The maximum atomic E-state index is 13.4. The molecule has 1 aromatic heterocycles. The molecule has 0 radical (unpaired) electrons. The monoisotopic (exact) mass is 428 g/mol. The van der Waals surface area contributed by atoms with E-state index in [-0.39, 0.29) is 0 Å². The number of thiophene rings is 1. The van der Waals surface area contributed by atoms with Crippen molar-refractivity contribution in [3.63, 3.8) is 0 Å². The molecule has 0 spiro atoms. The van der Waals surface area contributed by atoms with Gasteiger partial charge in [-0.2, -0.15) is 0 Å². The predicted octanol–water partition coefficient (Wildman–Crippen LogP) is 5.48. The molecule has 4 nitrogen and oxygen atoms in total. The molecule has 0 unspecified atom stereocenters. The van der Waals surface area contributed by atoms with Crippen LogP contribution in [0.3, 0.4) is 0 Å². The normalized spacial score (nSPS) is 14.2. The van der Waals surface area contributed by atoms with Crippen LogP contribution in [0.1, 0.15) is 4.88 Å². The Morgan fingerprint density at radius 1 is 0.893 bits per heavy atom. The summed E-state index contributed by atoms with van der Waals surface area (Å²) in [5.74, 6) is -0.818. The SMILES string of the molecule is CN(C1=C(c2cccs2)C(=O)N(c2cc(Cl)cc(Cl)c2)C1=O)c1ccccc1. The minimum Gasteiger partial charge on any atom is -0.339 e. The van der Waals surface area contributed by atoms with E-state index in [4.69, 9.17) is 23.2 Å². The number of hydrogen-bond donors (Lipinski definition) is 0. The first kappa shape index (κ1) is 18.7. The molecule has 0 aliphatic carbocycles. The standard InChI is InChI=1S/C21H14Cl2N2O2S/c1-24(15-6-3-2-4-7-15)19-18(17-8-5-9-28-17)20(26)25(21(19)27)16-11-13(22)10-14(23)12-16/h2-12H,1H3. The Kier molecular flexibility index (Phi) is 4.98. The number of likely N-dealkylation sites (N-methyl/N-ethyl adjacent to an activating group) is 1. The highest BCUT2D eigenvalue weighted by Crippen LogP contribution is 2.38. The van der Waals surface area contributed by atoms with E-state index >= 15 is 0 Å². The van der Waals surface area contributed by atoms with Crippen molar-refractivity contribution in [3.8, 4) is 0 Å². The van der Waals surface area contributed by atoms with Crippen molar-refractivity contribution in [1.82, 2.24) is 0 Å². The second-order valence-corrected chi connectivity index (χ2v) is 7.99. The zero-order chi connectivity index (χ0) is 19.8. The highest BCUT2D eigenvalue weighted by atomic mass is 35.5. The summed E-state index contributed by atoms with van der Waals surface area (Å²) in [5.41, 5.74) is 1.83. The molecule has 3 aromatic rings. The predicted molar refractivity (Wildman–Crippen MR) is 115 cm³/mol. The molecule has 0 saturated heterocycles. The Labute approximate surface area is 176 Å². The van der Waals surface area contributed by atoms with Crippen LogP contribution in [-0.2, 0) is 9.59 Å². The van der Waals surface area contributed by atoms with Crippen LogP contribution in [0.4, 0.5) is 11.4 Å². The first-order chi connectivity index (χ1) is 13.5. The summed E-state index contributed by atoms with van der Waals surface area (Å²) >= 11 is 13.6. The smallest absolute Gasteiger partial charge is 0.282 e. The molecule has 2 aromatic carbocycles. The third-order valence-corrected chi connectivity index (χ3v) is 5.74. The quantitative estimate of drug-likeness (QED) is 0.516. The highest BCUT2D eigenvalue weighted by Gasteiger charge is 2.42. The van der Waals surface area contributed by atoms with E-state index in [1.165, 1.54) is 11.3 Å². The second-order valence-electron chi connectivity index (χ2n) is 6.17. The van der Waals surface area contributed by atoms with Crippen LogP contribution in [0.5, 0.6) is 0 Å². The molecule has 0 saturated carbocycles. The maximum absolute atomic E-state index is 13.4. The summed E-state index contributed by atoms with van der Waals surface area (Å²) in [5, 5.41) is 2.58. The first-order valence-corrected chi connectivity index (χ1v) is 10.0. The number of carbonyl (C=O) groups excluding carboxylic acids is 2. The van der Waals surface area contributed by atoms with E-state index in [0.717, 1.165) is 15.5 Å². The van der Waals surface area contributed by atoms with E-state index in [1.807, 2.05) is 47.8 Å². The number of amides is 2. The van der Waals surface area contributed by atoms with Crippen LogP contribution < -0.4 is 9.80 Å². The minimum atomic E-state index is -0.418. The first-order valence-electron chi connectivity index (χ1n) is 8.39. The van der Waals surface area contributed by atoms with E-state index in [9.17, 15) is 9.59 Å². The molecule has 7 heteroatoms. The van der Waals surface area contributed by atoms with Gasteiger partial charge in [-0.1, -0.05) is 47.5 Å². The van der Waals surface area contributed by atoms with E-state index in [1.54, 1.807) is 30.1 Å². The summed E-state index contributed by atoms with van der Waals surface area (Å²) in [6, 6.07) is 17.8. The lowest BCUT2D eigenvalue weighted by atomic mass is 10.1. The van der Waals surface area contributed by atoms with Gasteiger partial charge in [0.15, 0.2) is 0 Å². The Bertz CT molecular complexity index is 1070. The van der Waals surface area contributed by atoms with Crippen molar-refractivity contribution in [2.75, 3.05) is 16.8 Å². The van der Waals surface area contributed by atoms with Gasteiger partial charge in [-0.15, -0.1) is 11.3 Å². The van der Waals surface area contributed by atoms with Crippen LogP contribution in [0, 0.1) is 0 Å². The van der Waals surface area contributed by atoms with E-state index < -0.39 is 11.8 Å². The lowest BCUT2D eigenvalue weighted by Gasteiger charge is -2.21. The van der Waals surface area contributed by atoms with E-state index in [2.05, 4.69) is 0 Å². The fraction of sp³-hybridized carbons (Fsp3) is 0.0476. The van der Waals surface area contributed by atoms with Gasteiger partial charge in [-0.25, -0.2) is 4.90 Å². The minimum absolute atomic E-state index is 0.315. The van der Waals surface area contributed by atoms with Crippen molar-refractivity contribution >= 4 is 63.3 Å². The third-order valence-electron chi connectivity index (χ3n) is 4.41. The van der Waals surface area contributed by atoms with Crippen LogP contribution in [-0.4, -0.2) is 18.9 Å². The second kappa shape index (κ2) is 7.43. The van der Waals surface area contributed by atoms with Crippen LogP contribution in [0.2, 0.25) is 10.0 Å². The number of anilines is 2. The van der Waals surface area contributed by atoms with Gasteiger partial charge in [0, 0.05) is 27.7 Å². The summed E-state index contributed by atoms with van der Waals surface area (Å²) in [6.07, 6.45) is 0. The molecule has 0 N–H and O–H groups in total. The van der Waals surface area contributed by atoms with Crippen LogP contribution in [0.25, 0.3) is 5.57 Å². The molecule has 0 fully saturated rings. The van der Waals surface area contributed by atoms with Gasteiger partial charge in [0.05, 0.1) is 11.3 Å². The molecule has 0 bridgehead atoms. The fourth-order valence-electron chi connectivity index (χ4n) is 3.16. The molecular formula is C21H14Cl2N2O2S. The number of nitrogens with zero attached hydrogens (tertiary/aromatic N) is 2. The largest absolute Gasteiger partial charge is 0.339 e. The van der Waals surface area contributed by atoms with Gasteiger partial charge in [0.1, 0.15) is 5.70 Å². The Balaban J connectivity index is 1.87. The topological polar surface area (TPSA) is 40.6 Å². The fourth-order valence-corrected chi connectivity index (χ4v) is 4.43. The van der Waals surface area contributed by atoms with Gasteiger partial charge in [0.25, 0.3) is 11.8 Å². The molecule has 140 valence electrons. The Morgan fingerprint density at radius 3 is 2.18 bits per heavy atom. The zero-order valence-electron chi connectivity index (χ0n) is 14.7. The molecule has 0 atom stereocenters. The number of imide groups is 1. The van der Waals surface area contributed by atoms with Crippen LogP contribution >= 0.6 is 34.5 Å². The van der Waals surface area contributed by atoms with E-state index in [0.29, 0.717) is 27.0 Å². The zero-order valence-corrected chi connectivity index (χ0v) is 17.1. The van der Waals surface area contributed by atoms with Crippen molar-refractivity contribution in [3.05, 3.63) is 86.7 Å². The number of para-hydroxylation sites is 1. The molecule has 1 aliphatic heterocycles. The average Bonchev–Trinajstić information content (AvgIpc) is 3.27. The van der Waals surface area contributed by atoms with Gasteiger partial charge in [-0.05, 0) is 41.8 Å². The number of carbonyl (C=O) groups is 2. The summed E-state index contributed by atoms with van der Waals surface area (Å²) < 4.78 is 0. The molecule has 4 rings (SSSR count). The summed E-state index contributed by atoms with van der Waals surface area (Å²) in [7, 11) is 1.78. The lowest BCUT2D eigenvalue weighted by Crippen LogP contribution is -2.34. The van der Waals surface area contributed by atoms with Crippen molar-refractivity contribution in [2.45, 2.75) is 0 Å². The number of hydrogen-bond acceptors (Lipinski definition) is 4. The van der Waals surface area contributed by atoms with Gasteiger partial charge in [-0.3, -0.25) is 9.59 Å². The Morgan fingerprint density at radius 2 is 1.57 bits per heavy atom.